The fraction of sp³-hybridized carbons (Fsp3) is 0.562. The minimum atomic E-state index is -0.232. The molecule has 0 radical (unpaired) electrons. The first-order chi connectivity index (χ1) is 8.83. The van der Waals surface area contributed by atoms with Crippen molar-refractivity contribution in [2.75, 3.05) is 13.7 Å². The second-order valence-electron chi connectivity index (χ2n) is 6.06. The standard InChI is InChI=1S/C16H24O3/c1-12-8-6-7-9-14(12)19-11-13(15(17)18-5)10-16(2,3)4/h6-9,13H,10-11H2,1-5H3. The van der Waals surface area contributed by atoms with Crippen molar-refractivity contribution in [3.05, 3.63) is 29.8 Å². The Kier molecular flexibility index (Phi) is 5.40. The van der Waals surface area contributed by atoms with Crippen LogP contribution in [0.4, 0.5) is 0 Å². The predicted molar refractivity (Wildman–Crippen MR) is 76.3 cm³/mol. The third-order valence-electron chi connectivity index (χ3n) is 2.93. The molecule has 0 spiro atoms. The van der Waals surface area contributed by atoms with Gasteiger partial charge in [-0.1, -0.05) is 39.0 Å². The molecule has 0 aliphatic carbocycles. The fourth-order valence-corrected chi connectivity index (χ4v) is 2.02. The zero-order valence-corrected chi connectivity index (χ0v) is 12.5. The minimum Gasteiger partial charge on any atom is -0.492 e. The van der Waals surface area contributed by atoms with Crippen LogP contribution in [0.5, 0.6) is 5.75 Å². The number of carbonyl (C=O) groups excluding carboxylic acids is 1. The van der Waals surface area contributed by atoms with Gasteiger partial charge >= 0.3 is 5.97 Å². The van der Waals surface area contributed by atoms with E-state index >= 15 is 0 Å². The van der Waals surface area contributed by atoms with Crippen molar-refractivity contribution in [1.82, 2.24) is 0 Å². The highest BCUT2D eigenvalue weighted by Gasteiger charge is 2.26. The van der Waals surface area contributed by atoms with Crippen molar-refractivity contribution < 1.29 is 14.3 Å². The maximum atomic E-state index is 11.8. The van der Waals surface area contributed by atoms with E-state index in [1.165, 1.54) is 7.11 Å². The Hall–Kier alpha value is -1.51. The van der Waals surface area contributed by atoms with Crippen LogP contribution >= 0.6 is 0 Å². The van der Waals surface area contributed by atoms with E-state index in [1.54, 1.807) is 0 Å². The van der Waals surface area contributed by atoms with Crippen molar-refractivity contribution in [2.45, 2.75) is 34.1 Å². The van der Waals surface area contributed by atoms with Crippen LogP contribution in [0, 0.1) is 18.3 Å². The molecule has 1 unspecified atom stereocenters. The molecule has 0 N–H and O–H groups in total. The molecule has 0 aromatic heterocycles. The highest BCUT2D eigenvalue weighted by molar-refractivity contribution is 5.72. The van der Waals surface area contributed by atoms with E-state index < -0.39 is 0 Å². The van der Waals surface area contributed by atoms with Crippen molar-refractivity contribution in [3.63, 3.8) is 0 Å². The minimum absolute atomic E-state index is 0.0634. The lowest BCUT2D eigenvalue weighted by molar-refractivity contribution is -0.147. The molecular weight excluding hydrogens is 240 g/mol. The third kappa shape index (κ3) is 5.33. The number of hydrogen-bond donors (Lipinski definition) is 0. The Morgan fingerprint density at radius 2 is 1.89 bits per heavy atom. The summed E-state index contributed by atoms with van der Waals surface area (Å²) in [5, 5.41) is 0. The van der Waals surface area contributed by atoms with Crippen LogP contribution < -0.4 is 4.74 Å². The summed E-state index contributed by atoms with van der Waals surface area (Å²) in [6, 6.07) is 7.81. The highest BCUT2D eigenvalue weighted by Crippen LogP contribution is 2.26. The van der Waals surface area contributed by atoms with E-state index in [9.17, 15) is 4.79 Å². The van der Waals surface area contributed by atoms with Crippen molar-refractivity contribution >= 4 is 5.97 Å². The zero-order valence-electron chi connectivity index (χ0n) is 12.5. The molecule has 1 aromatic carbocycles. The summed E-state index contributed by atoms with van der Waals surface area (Å²) in [7, 11) is 1.42. The SMILES string of the molecule is COC(=O)C(COc1ccccc1C)CC(C)(C)C. The molecule has 0 bridgehead atoms. The smallest absolute Gasteiger partial charge is 0.312 e. The molecule has 0 fully saturated rings. The lowest BCUT2D eigenvalue weighted by Crippen LogP contribution is -2.27. The van der Waals surface area contributed by atoms with Crippen LogP contribution in [-0.2, 0) is 9.53 Å². The molecular formula is C16H24O3. The summed E-state index contributed by atoms with van der Waals surface area (Å²) >= 11 is 0. The van der Waals surface area contributed by atoms with Crippen molar-refractivity contribution in [2.24, 2.45) is 11.3 Å². The summed E-state index contributed by atoms with van der Waals surface area (Å²) in [6.45, 7) is 8.67. The Morgan fingerprint density at radius 3 is 2.42 bits per heavy atom. The molecule has 106 valence electrons. The number of benzene rings is 1. The molecule has 1 aromatic rings. The molecule has 1 rings (SSSR count). The fourth-order valence-electron chi connectivity index (χ4n) is 2.02. The average Bonchev–Trinajstić information content (AvgIpc) is 2.34. The number of ether oxygens (including phenoxy) is 2. The van der Waals surface area contributed by atoms with Gasteiger partial charge in [-0.25, -0.2) is 0 Å². The van der Waals surface area contributed by atoms with Crippen molar-refractivity contribution in [3.8, 4) is 5.75 Å². The maximum absolute atomic E-state index is 11.8. The molecule has 0 saturated carbocycles. The maximum Gasteiger partial charge on any atom is 0.312 e. The van der Waals surface area contributed by atoms with Gasteiger partial charge in [0.2, 0.25) is 0 Å². The van der Waals surface area contributed by atoms with Gasteiger partial charge in [0.15, 0.2) is 0 Å². The lowest BCUT2D eigenvalue weighted by atomic mass is 9.85. The first kappa shape index (κ1) is 15.5. The third-order valence-corrected chi connectivity index (χ3v) is 2.93. The molecule has 0 amide bonds. The average molecular weight is 264 g/mol. The van der Waals surface area contributed by atoms with E-state index in [1.807, 2.05) is 31.2 Å². The first-order valence-electron chi connectivity index (χ1n) is 6.60. The summed E-state index contributed by atoms with van der Waals surface area (Å²) < 4.78 is 10.6. The summed E-state index contributed by atoms with van der Waals surface area (Å²) in [4.78, 5) is 11.8. The molecule has 0 saturated heterocycles. The van der Waals surface area contributed by atoms with Crippen LogP contribution in [0.2, 0.25) is 0 Å². The Labute approximate surface area is 115 Å². The van der Waals surface area contributed by atoms with Crippen LogP contribution in [0.15, 0.2) is 24.3 Å². The number of methoxy groups -OCH3 is 1. The van der Waals surface area contributed by atoms with Gasteiger partial charge in [-0.2, -0.15) is 0 Å². The molecule has 0 aliphatic rings. The van der Waals surface area contributed by atoms with E-state index in [-0.39, 0.29) is 17.3 Å². The number of para-hydroxylation sites is 1. The molecule has 19 heavy (non-hydrogen) atoms. The summed E-state index contributed by atoms with van der Waals surface area (Å²) in [6.07, 6.45) is 0.742. The van der Waals surface area contributed by atoms with Gasteiger partial charge in [-0.05, 0) is 30.4 Å². The molecule has 0 aliphatic heterocycles. The first-order valence-corrected chi connectivity index (χ1v) is 6.60. The lowest BCUT2D eigenvalue weighted by Gasteiger charge is -2.24. The highest BCUT2D eigenvalue weighted by atomic mass is 16.5. The topological polar surface area (TPSA) is 35.5 Å². The number of carbonyl (C=O) groups is 1. The van der Waals surface area contributed by atoms with Gasteiger partial charge in [0.1, 0.15) is 12.4 Å². The van der Waals surface area contributed by atoms with Gasteiger partial charge in [0.05, 0.1) is 13.0 Å². The van der Waals surface area contributed by atoms with Gasteiger partial charge in [0, 0.05) is 0 Å². The second-order valence-corrected chi connectivity index (χ2v) is 6.06. The van der Waals surface area contributed by atoms with Crippen LogP contribution in [0.1, 0.15) is 32.8 Å². The molecule has 3 nitrogen and oxygen atoms in total. The van der Waals surface area contributed by atoms with Gasteiger partial charge in [-0.15, -0.1) is 0 Å². The number of rotatable bonds is 5. The molecule has 1 atom stereocenters. The molecule has 0 heterocycles. The van der Waals surface area contributed by atoms with Crippen molar-refractivity contribution in [1.29, 1.82) is 0 Å². The van der Waals surface area contributed by atoms with E-state index in [2.05, 4.69) is 20.8 Å². The quantitative estimate of drug-likeness (QED) is 0.762. The Balaban J connectivity index is 2.68. The van der Waals surface area contributed by atoms with Gasteiger partial charge in [0.25, 0.3) is 0 Å². The van der Waals surface area contributed by atoms with Gasteiger partial charge < -0.3 is 9.47 Å². The summed E-state index contributed by atoms with van der Waals surface area (Å²) in [5.41, 5.74) is 1.13. The van der Waals surface area contributed by atoms with E-state index in [0.717, 1.165) is 17.7 Å². The largest absolute Gasteiger partial charge is 0.492 e. The van der Waals surface area contributed by atoms with Gasteiger partial charge in [-0.3, -0.25) is 4.79 Å². The summed E-state index contributed by atoms with van der Waals surface area (Å²) in [5.74, 6) is 0.387. The Morgan fingerprint density at radius 1 is 1.26 bits per heavy atom. The van der Waals surface area contributed by atoms with E-state index in [0.29, 0.717) is 6.61 Å². The number of aryl methyl sites for hydroxylation is 1. The van der Waals surface area contributed by atoms with Crippen LogP contribution in [0.3, 0.4) is 0 Å². The number of hydrogen-bond acceptors (Lipinski definition) is 3. The zero-order chi connectivity index (χ0) is 14.5. The Bertz CT molecular complexity index is 418. The normalized spacial score (nSPS) is 12.9. The predicted octanol–water partition coefficient (Wildman–Crippen LogP) is 3.60. The monoisotopic (exact) mass is 264 g/mol. The van der Waals surface area contributed by atoms with Crippen LogP contribution in [-0.4, -0.2) is 19.7 Å². The van der Waals surface area contributed by atoms with E-state index in [4.69, 9.17) is 9.47 Å². The molecule has 3 heteroatoms. The second kappa shape index (κ2) is 6.60. The number of esters is 1. The van der Waals surface area contributed by atoms with Crippen LogP contribution in [0.25, 0.3) is 0 Å².